The van der Waals surface area contributed by atoms with E-state index < -0.39 is 0 Å². The number of carbonyl (C=O) groups is 1. The minimum atomic E-state index is -0.111. The second kappa shape index (κ2) is 6.63. The van der Waals surface area contributed by atoms with Crippen molar-refractivity contribution in [3.05, 3.63) is 72.1 Å². The lowest BCUT2D eigenvalue weighted by molar-refractivity contribution is -0.117. The van der Waals surface area contributed by atoms with Crippen LogP contribution >= 0.6 is 0 Å². The molecule has 2 heterocycles. The maximum Gasteiger partial charge on any atom is 0.231 e. The van der Waals surface area contributed by atoms with Gasteiger partial charge in [-0.2, -0.15) is 10.1 Å². The summed E-state index contributed by atoms with van der Waals surface area (Å²) in [6, 6.07) is 18.0. The van der Waals surface area contributed by atoms with Crippen molar-refractivity contribution in [2.45, 2.75) is 25.4 Å². The quantitative estimate of drug-likeness (QED) is 0.728. The monoisotopic (exact) mass is 348 g/mol. The lowest BCUT2D eigenvalue weighted by atomic mass is 9.92. The Labute approximate surface area is 152 Å². The van der Waals surface area contributed by atoms with Gasteiger partial charge in [0.2, 0.25) is 11.9 Å². The summed E-state index contributed by atoms with van der Waals surface area (Å²) < 4.78 is 7.10. The van der Waals surface area contributed by atoms with Crippen molar-refractivity contribution in [3.8, 4) is 5.75 Å². The maximum atomic E-state index is 12.4. The Kier molecular flexibility index (Phi) is 4.16. The van der Waals surface area contributed by atoms with Crippen LogP contribution in [0.2, 0.25) is 0 Å². The third-order valence-corrected chi connectivity index (χ3v) is 4.85. The first kappa shape index (κ1) is 16.3. The Morgan fingerprint density at radius 2 is 1.73 bits per heavy atom. The largest absolute Gasteiger partial charge is 0.497 e. The van der Waals surface area contributed by atoms with Crippen LogP contribution in [-0.4, -0.2) is 27.8 Å². The first-order valence-corrected chi connectivity index (χ1v) is 8.57. The van der Waals surface area contributed by atoms with Gasteiger partial charge in [-0.3, -0.25) is 9.69 Å². The molecule has 0 N–H and O–H groups in total. The van der Waals surface area contributed by atoms with Crippen molar-refractivity contribution in [2.75, 3.05) is 12.0 Å². The third kappa shape index (κ3) is 2.73. The van der Waals surface area contributed by atoms with Crippen molar-refractivity contribution >= 4 is 11.9 Å². The molecular formula is C20H20N4O2. The van der Waals surface area contributed by atoms with Gasteiger partial charge in [0.15, 0.2) is 0 Å². The Balaban J connectivity index is 1.81. The zero-order valence-electron chi connectivity index (χ0n) is 14.7. The molecular weight excluding hydrogens is 328 g/mol. The van der Waals surface area contributed by atoms with Gasteiger partial charge in [-0.25, -0.2) is 4.68 Å². The number of carbonyl (C=O) groups excluding carboxylic acids is 1. The number of hydrogen-bond acceptors (Lipinski definition) is 4. The summed E-state index contributed by atoms with van der Waals surface area (Å²) in [7, 11) is 1.64. The van der Waals surface area contributed by atoms with Crippen molar-refractivity contribution in [1.29, 1.82) is 0 Å². The molecule has 3 aromatic rings. The van der Waals surface area contributed by atoms with E-state index in [9.17, 15) is 4.79 Å². The van der Waals surface area contributed by atoms with Crippen molar-refractivity contribution in [3.63, 3.8) is 0 Å². The van der Waals surface area contributed by atoms with E-state index >= 15 is 0 Å². The van der Waals surface area contributed by atoms with Gasteiger partial charge in [0.25, 0.3) is 0 Å². The number of nitrogens with zero attached hydrogens (tertiary/aromatic N) is 4. The highest BCUT2D eigenvalue weighted by molar-refractivity contribution is 5.90. The summed E-state index contributed by atoms with van der Waals surface area (Å²) in [5, 5.41) is 4.39. The number of fused-ring (bicyclic) bond motifs is 1. The number of hydrogen-bond donors (Lipinski definition) is 0. The fourth-order valence-corrected chi connectivity index (χ4v) is 3.62. The molecule has 0 aliphatic carbocycles. The molecule has 132 valence electrons. The number of aromatic nitrogens is 3. The Morgan fingerprint density at radius 1 is 1.04 bits per heavy atom. The number of methoxy groups -OCH3 is 1. The topological polar surface area (TPSA) is 60.2 Å². The fraction of sp³-hybridized carbons (Fsp3) is 0.250. The van der Waals surface area contributed by atoms with Crippen molar-refractivity contribution < 1.29 is 9.53 Å². The molecule has 2 atom stereocenters. The fourth-order valence-electron chi connectivity index (χ4n) is 3.62. The van der Waals surface area contributed by atoms with Gasteiger partial charge < -0.3 is 4.74 Å². The van der Waals surface area contributed by atoms with E-state index in [-0.39, 0.29) is 18.0 Å². The summed E-state index contributed by atoms with van der Waals surface area (Å²) in [6.07, 6.45) is 2.24. The molecule has 26 heavy (non-hydrogen) atoms. The summed E-state index contributed by atoms with van der Waals surface area (Å²) in [4.78, 5) is 18.5. The van der Waals surface area contributed by atoms with Crippen molar-refractivity contribution in [2.24, 2.45) is 0 Å². The molecule has 0 fully saturated rings. The van der Waals surface area contributed by atoms with Gasteiger partial charge >= 0.3 is 0 Å². The number of amides is 1. The highest BCUT2D eigenvalue weighted by Gasteiger charge is 2.37. The van der Waals surface area contributed by atoms with E-state index in [1.165, 1.54) is 6.33 Å². The van der Waals surface area contributed by atoms with Gasteiger partial charge in [0.05, 0.1) is 19.2 Å². The first-order valence-electron chi connectivity index (χ1n) is 8.57. The van der Waals surface area contributed by atoms with E-state index in [0.717, 1.165) is 23.3 Å². The number of ether oxygens (including phenoxy) is 1. The average Bonchev–Trinajstić information content (AvgIpc) is 3.16. The van der Waals surface area contributed by atoms with Crippen LogP contribution in [-0.2, 0) is 4.79 Å². The van der Waals surface area contributed by atoms with Gasteiger partial charge in [0.1, 0.15) is 12.1 Å². The van der Waals surface area contributed by atoms with Crippen LogP contribution in [0.15, 0.2) is 60.9 Å². The van der Waals surface area contributed by atoms with E-state index in [0.29, 0.717) is 5.95 Å². The molecule has 0 radical (unpaired) electrons. The van der Waals surface area contributed by atoms with Crippen LogP contribution in [0.4, 0.5) is 5.95 Å². The Hall–Kier alpha value is -3.15. The summed E-state index contributed by atoms with van der Waals surface area (Å²) in [5.74, 6) is 1.33. The lowest BCUT2D eigenvalue weighted by Crippen LogP contribution is -2.41. The number of rotatable bonds is 3. The van der Waals surface area contributed by atoms with Crippen LogP contribution in [0, 0.1) is 0 Å². The second-order valence-electron chi connectivity index (χ2n) is 6.34. The Bertz CT molecular complexity index is 905. The highest BCUT2D eigenvalue weighted by Crippen LogP contribution is 2.41. The third-order valence-electron chi connectivity index (χ3n) is 4.85. The normalized spacial score (nSPS) is 19.1. The number of benzene rings is 2. The van der Waals surface area contributed by atoms with Crippen molar-refractivity contribution in [1.82, 2.24) is 14.8 Å². The van der Waals surface area contributed by atoms with E-state index in [4.69, 9.17) is 4.74 Å². The summed E-state index contributed by atoms with van der Waals surface area (Å²) in [5.41, 5.74) is 2.21. The molecule has 0 saturated heterocycles. The molecule has 2 aromatic carbocycles. The standard InChI is InChI=1S/C20H20N4O2/c1-14(25)23-18(16-8-10-17(26-2)11-9-16)12-19(15-6-4-3-5-7-15)24-20(23)21-13-22-24/h3-11,13,18-19H,12H2,1-2H3/t18-,19-/m1/s1. The molecule has 0 spiro atoms. The van der Waals surface area contributed by atoms with Gasteiger partial charge in [-0.1, -0.05) is 42.5 Å². The molecule has 1 aliphatic heterocycles. The number of anilines is 1. The Morgan fingerprint density at radius 3 is 2.38 bits per heavy atom. The zero-order chi connectivity index (χ0) is 18.1. The predicted molar refractivity (Wildman–Crippen MR) is 98.1 cm³/mol. The lowest BCUT2D eigenvalue weighted by Gasteiger charge is -2.38. The van der Waals surface area contributed by atoms with Crippen LogP contribution in [0.25, 0.3) is 0 Å². The minimum absolute atomic E-state index is 0.0244. The van der Waals surface area contributed by atoms with Crippen LogP contribution in [0.3, 0.4) is 0 Å². The molecule has 6 heteroatoms. The molecule has 0 bridgehead atoms. The molecule has 1 aliphatic rings. The molecule has 1 amide bonds. The molecule has 4 rings (SSSR count). The second-order valence-corrected chi connectivity index (χ2v) is 6.34. The highest BCUT2D eigenvalue weighted by atomic mass is 16.5. The SMILES string of the molecule is COc1ccc([C@H]2C[C@H](c3ccccc3)n3ncnc3N2C(C)=O)cc1. The molecule has 6 nitrogen and oxygen atoms in total. The van der Waals surface area contributed by atoms with Gasteiger partial charge in [-0.15, -0.1) is 0 Å². The zero-order valence-corrected chi connectivity index (χ0v) is 14.7. The maximum absolute atomic E-state index is 12.4. The first-order chi connectivity index (χ1) is 12.7. The summed E-state index contributed by atoms with van der Waals surface area (Å²) in [6.45, 7) is 1.57. The van der Waals surface area contributed by atoms with Crippen LogP contribution < -0.4 is 9.64 Å². The van der Waals surface area contributed by atoms with E-state index in [1.54, 1.807) is 18.9 Å². The van der Waals surface area contributed by atoms with E-state index in [2.05, 4.69) is 22.2 Å². The van der Waals surface area contributed by atoms with Crippen LogP contribution in [0.5, 0.6) is 5.75 Å². The molecule has 0 unspecified atom stereocenters. The summed E-state index contributed by atoms with van der Waals surface area (Å²) >= 11 is 0. The van der Waals surface area contributed by atoms with Gasteiger partial charge in [0, 0.05) is 6.92 Å². The predicted octanol–water partition coefficient (Wildman–Crippen LogP) is 3.37. The van der Waals surface area contributed by atoms with Crippen LogP contribution in [0.1, 0.15) is 36.6 Å². The molecule has 0 saturated carbocycles. The minimum Gasteiger partial charge on any atom is -0.497 e. The smallest absolute Gasteiger partial charge is 0.231 e. The molecule has 1 aromatic heterocycles. The van der Waals surface area contributed by atoms with E-state index in [1.807, 2.05) is 47.1 Å². The van der Waals surface area contributed by atoms with Gasteiger partial charge in [-0.05, 0) is 29.7 Å². The average molecular weight is 348 g/mol.